The second-order valence-corrected chi connectivity index (χ2v) is 11.5. The lowest BCUT2D eigenvalue weighted by molar-refractivity contribution is -0.131. The number of halogens is 1. The fraction of sp³-hybridized carbons (Fsp3) is 0.226. The van der Waals surface area contributed by atoms with Crippen LogP contribution in [0.5, 0.6) is 5.75 Å². The minimum absolute atomic E-state index is 0.227. The van der Waals surface area contributed by atoms with E-state index in [1.54, 1.807) is 6.92 Å². The summed E-state index contributed by atoms with van der Waals surface area (Å²) in [6.07, 6.45) is 0. The lowest BCUT2D eigenvalue weighted by atomic mass is 9.80. The van der Waals surface area contributed by atoms with E-state index in [4.69, 9.17) is 4.74 Å². The molecule has 1 amide bonds. The number of hydrogen-bond donors (Lipinski definition) is 1. The summed E-state index contributed by atoms with van der Waals surface area (Å²) >= 11 is 3.46. The van der Waals surface area contributed by atoms with E-state index in [0.29, 0.717) is 22.6 Å². The highest BCUT2D eigenvalue weighted by molar-refractivity contribution is 9.10. The first-order valence-electron chi connectivity index (χ1n) is 12.2. The molecule has 0 saturated carbocycles. The third-order valence-electron chi connectivity index (χ3n) is 7.79. The van der Waals surface area contributed by atoms with Crippen molar-refractivity contribution in [2.24, 2.45) is 0 Å². The van der Waals surface area contributed by atoms with Crippen molar-refractivity contribution in [3.8, 4) is 16.9 Å². The fourth-order valence-corrected chi connectivity index (χ4v) is 6.45. The van der Waals surface area contributed by atoms with Crippen LogP contribution in [-0.4, -0.2) is 17.0 Å². The van der Waals surface area contributed by atoms with Gasteiger partial charge in [0.2, 0.25) is 0 Å². The summed E-state index contributed by atoms with van der Waals surface area (Å²) in [7, 11) is 0. The minimum atomic E-state index is -1.58. The Morgan fingerprint density at radius 2 is 1.54 bits per heavy atom. The zero-order chi connectivity index (χ0) is 26.4. The van der Waals surface area contributed by atoms with Crippen molar-refractivity contribution in [1.29, 1.82) is 0 Å². The Balaban J connectivity index is 1.71. The van der Waals surface area contributed by atoms with E-state index in [1.807, 2.05) is 61.5 Å². The van der Waals surface area contributed by atoms with Gasteiger partial charge in [0, 0.05) is 33.4 Å². The summed E-state index contributed by atoms with van der Waals surface area (Å²) in [5.41, 5.74) is 4.44. The molecule has 1 unspecified atom stereocenters. The smallest absolute Gasteiger partial charge is 0.308 e. The second kappa shape index (κ2) is 7.76. The zero-order valence-corrected chi connectivity index (χ0v) is 22.9. The summed E-state index contributed by atoms with van der Waals surface area (Å²) in [5.74, 6) is -0.0982. The molecule has 4 aromatic rings. The number of carbonyl (C=O) groups is 2. The zero-order valence-electron chi connectivity index (χ0n) is 21.3. The number of hydrogen-bond acceptors (Lipinski definition) is 4. The van der Waals surface area contributed by atoms with Crippen LogP contribution >= 0.6 is 15.9 Å². The Labute approximate surface area is 223 Å². The molecule has 0 aromatic heterocycles. The van der Waals surface area contributed by atoms with Crippen molar-refractivity contribution in [2.75, 3.05) is 4.90 Å². The van der Waals surface area contributed by atoms with E-state index in [9.17, 15) is 14.7 Å². The molecule has 2 aliphatic rings. The number of amides is 1. The Bertz CT molecular complexity index is 1670. The van der Waals surface area contributed by atoms with E-state index in [1.165, 1.54) is 11.8 Å². The first-order valence-corrected chi connectivity index (χ1v) is 13.0. The quantitative estimate of drug-likeness (QED) is 0.214. The number of nitrogens with zero attached hydrogens (tertiary/aromatic N) is 1. The largest absolute Gasteiger partial charge is 0.426 e. The maximum absolute atomic E-state index is 13.9. The second-order valence-electron chi connectivity index (χ2n) is 10.6. The molecular weight excluding hydrogens is 530 g/mol. The number of ether oxygens (including phenoxy) is 1. The molecule has 1 atom stereocenters. The Hall–Kier alpha value is -3.48. The highest BCUT2D eigenvalue weighted by Crippen LogP contribution is 2.58. The van der Waals surface area contributed by atoms with Crippen molar-refractivity contribution in [2.45, 2.75) is 45.8 Å². The van der Waals surface area contributed by atoms with Crippen molar-refractivity contribution in [3.05, 3.63) is 93.0 Å². The molecule has 1 heterocycles. The summed E-state index contributed by atoms with van der Waals surface area (Å²) in [6, 6.07) is 19.2. The van der Waals surface area contributed by atoms with Crippen molar-refractivity contribution < 1.29 is 19.4 Å². The van der Waals surface area contributed by atoms with E-state index in [-0.39, 0.29) is 11.9 Å². The number of rotatable bonds is 2. The predicted molar refractivity (Wildman–Crippen MR) is 148 cm³/mol. The number of aryl methyl sites for hydroxylation is 1. The van der Waals surface area contributed by atoms with Gasteiger partial charge in [-0.15, -0.1) is 0 Å². The number of fused-ring (bicyclic) bond motifs is 7. The van der Waals surface area contributed by atoms with Crippen LogP contribution < -0.4 is 9.64 Å². The average Bonchev–Trinajstić information content (AvgIpc) is 3.18. The third kappa shape index (κ3) is 3.19. The molecule has 1 N–H and O–H groups in total. The van der Waals surface area contributed by atoms with Gasteiger partial charge in [0.05, 0.1) is 5.56 Å². The van der Waals surface area contributed by atoms with Crippen molar-refractivity contribution >= 4 is 44.3 Å². The highest BCUT2D eigenvalue weighted by Gasteiger charge is 2.52. The first-order chi connectivity index (χ1) is 17.4. The number of aliphatic hydroxyl groups is 1. The molecule has 4 aromatic carbocycles. The van der Waals surface area contributed by atoms with Crippen molar-refractivity contribution in [1.82, 2.24) is 0 Å². The van der Waals surface area contributed by atoms with Crippen LogP contribution in [0.15, 0.2) is 65.1 Å². The molecule has 0 fully saturated rings. The SMILES string of the molecule is CC(=O)Oc1cc2c(c3ccccc13)-c1c(cc(C)c3c1C(C)(O)N(c1ccc(Br)cc1)C3=O)C2(C)C. The lowest BCUT2D eigenvalue weighted by Gasteiger charge is -2.32. The molecule has 0 saturated heterocycles. The lowest BCUT2D eigenvalue weighted by Crippen LogP contribution is -2.41. The number of esters is 1. The molecule has 5 nitrogen and oxygen atoms in total. The van der Waals surface area contributed by atoms with Crippen molar-refractivity contribution in [3.63, 3.8) is 0 Å². The average molecular weight is 556 g/mol. The standard InChI is InChI=1S/C31H26BrNO4/c1-16-14-22-27(28-25(16)29(35)33(31(28,5)36)19-12-10-18(32)11-13-19)26-21-9-7-6-8-20(21)24(37-17(2)34)15-23(26)30(22,3)4/h6-15,36H,1-5H3. The van der Waals surface area contributed by atoms with Gasteiger partial charge in [0.1, 0.15) is 5.75 Å². The highest BCUT2D eigenvalue weighted by atomic mass is 79.9. The van der Waals surface area contributed by atoms with E-state index in [2.05, 4.69) is 35.8 Å². The molecular formula is C31H26BrNO4. The van der Waals surface area contributed by atoms with Gasteiger partial charge in [-0.1, -0.05) is 60.1 Å². The summed E-state index contributed by atoms with van der Waals surface area (Å²) in [5, 5.41) is 13.9. The van der Waals surface area contributed by atoms with E-state index < -0.39 is 11.1 Å². The molecule has 0 spiro atoms. The van der Waals surface area contributed by atoms with Gasteiger partial charge in [-0.3, -0.25) is 14.5 Å². The molecule has 37 heavy (non-hydrogen) atoms. The van der Waals surface area contributed by atoms with Crippen LogP contribution in [0, 0.1) is 6.92 Å². The Morgan fingerprint density at radius 1 is 0.919 bits per heavy atom. The van der Waals surface area contributed by atoms with Gasteiger partial charge in [0.25, 0.3) is 5.91 Å². The number of carbonyl (C=O) groups excluding carboxylic acids is 2. The molecule has 6 rings (SSSR count). The molecule has 6 heteroatoms. The maximum atomic E-state index is 13.9. The normalized spacial score (nSPS) is 19.1. The maximum Gasteiger partial charge on any atom is 0.308 e. The third-order valence-corrected chi connectivity index (χ3v) is 8.32. The van der Waals surface area contributed by atoms with Gasteiger partial charge in [-0.05, 0) is 77.4 Å². The number of anilines is 1. The van der Waals surface area contributed by atoms with Crippen LogP contribution in [-0.2, 0) is 15.9 Å². The molecule has 186 valence electrons. The van der Waals surface area contributed by atoms with Gasteiger partial charge in [-0.2, -0.15) is 0 Å². The summed E-state index contributed by atoms with van der Waals surface area (Å²) < 4.78 is 6.54. The van der Waals surface area contributed by atoms with Gasteiger partial charge < -0.3 is 9.84 Å². The fourth-order valence-electron chi connectivity index (χ4n) is 6.19. The molecule has 1 aliphatic carbocycles. The Kier molecular flexibility index (Phi) is 5.01. The number of benzene rings is 4. The van der Waals surface area contributed by atoms with Gasteiger partial charge in [-0.25, -0.2) is 0 Å². The van der Waals surface area contributed by atoms with Crippen LogP contribution in [0.4, 0.5) is 5.69 Å². The Morgan fingerprint density at radius 3 is 2.19 bits per heavy atom. The van der Waals surface area contributed by atoms with Crippen LogP contribution in [0.25, 0.3) is 21.9 Å². The topological polar surface area (TPSA) is 66.8 Å². The van der Waals surface area contributed by atoms with Crippen LogP contribution in [0.3, 0.4) is 0 Å². The summed E-state index contributed by atoms with van der Waals surface area (Å²) in [4.78, 5) is 27.4. The van der Waals surface area contributed by atoms with Crippen LogP contribution in [0.1, 0.15) is 60.3 Å². The van der Waals surface area contributed by atoms with Crippen LogP contribution in [0.2, 0.25) is 0 Å². The first kappa shape index (κ1) is 23.9. The van der Waals surface area contributed by atoms with E-state index in [0.717, 1.165) is 43.1 Å². The minimum Gasteiger partial charge on any atom is -0.426 e. The van der Waals surface area contributed by atoms with Gasteiger partial charge in [0.15, 0.2) is 5.72 Å². The molecule has 0 bridgehead atoms. The van der Waals surface area contributed by atoms with E-state index >= 15 is 0 Å². The summed E-state index contributed by atoms with van der Waals surface area (Å²) in [6.45, 7) is 9.29. The van der Waals surface area contributed by atoms with Gasteiger partial charge >= 0.3 is 5.97 Å². The molecule has 0 radical (unpaired) electrons. The monoisotopic (exact) mass is 555 g/mol. The predicted octanol–water partition coefficient (Wildman–Crippen LogP) is 6.97. The molecule has 1 aliphatic heterocycles.